The molecular formula is C15H17NO. The molecule has 2 aliphatic rings. The van der Waals surface area contributed by atoms with Crippen molar-refractivity contribution in [2.75, 3.05) is 13.1 Å². The number of ketones is 1. The molecular weight excluding hydrogens is 210 g/mol. The molecule has 0 saturated heterocycles. The van der Waals surface area contributed by atoms with Gasteiger partial charge in [-0.2, -0.15) is 0 Å². The van der Waals surface area contributed by atoms with Crippen LogP contribution in [0.2, 0.25) is 0 Å². The van der Waals surface area contributed by atoms with Crippen LogP contribution in [0.5, 0.6) is 0 Å². The van der Waals surface area contributed by atoms with E-state index in [1.165, 1.54) is 5.56 Å². The molecule has 1 fully saturated rings. The third kappa shape index (κ3) is 2.32. The second-order valence-electron chi connectivity index (χ2n) is 4.96. The predicted molar refractivity (Wildman–Crippen MR) is 67.9 cm³/mol. The summed E-state index contributed by atoms with van der Waals surface area (Å²) < 4.78 is 0. The van der Waals surface area contributed by atoms with Gasteiger partial charge in [0.15, 0.2) is 5.78 Å². The van der Waals surface area contributed by atoms with Crippen molar-refractivity contribution < 1.29 is 4.79 Å². The molecule has 0 atom stereocenters. The largest absolute Gasteiger partial charge is 0.294 e. The zero-order valence-corrected chi connectivity index (χ0v) is 9.93. The highest BCUT2D eigenvalue weighted by molar-refractivity contribution is 6.00. The Morgan fingerprint density at radius 1 is 1.18 bits per heavy atom. The highest BCUT2D eigenvalue weighted by Crippen LogP contribution is 2.33. The Labute approximate surface area is 102 Å². The molecule has 88 valence electrons. The van der Waals surface area contributed by atoms with Gasteiger partial charge in [0, 0.05) is 31.1 Å². The Kier molecular flexibility index (Phi) is 2.81. The zero-order chi connectivity index (χ0) is 11.7. The fourth-order valence-corrected chi connectivity index (χ4v) is 2.36. The molecule has 2 heteroatoms. The van der Waals surface area contributed by atoms with E-state index in [0.29, 0.717) is 11.7 Å². The monoisotopic (exact) mass is 227 g/mol. The Hall–Kier alpha value is -1.41. The number of nitrogens with zero attached hydrogens (tertiary/aromatic N) is 1. The van der Waals surface area contributed by atoms with Gasteiger partial charge in [0.05, 0.1) is 0 Å². The minimum absolute atomic E-state index is 0.313. The first-order chi connectivity index (χ1) is 8.34. The van der Waals surface area contributed by atoms with Gasteiger partial charge in [-0.3, -0.25) is 9.69 Å². The fraction of sp³-hybridized carbons (Fsp3) is 0.400. The van der Waals surface area contributed by atoms with E-state index in [1.807, 2.05) is 18.2 Å². The lowest BCUT2D eigenvalue weighted by Crippen LogP contribution is -2.21. The van der Waals surface area contributed by atoms with Gasteiger partial charge >= 0.3 is 0 Å². The van der Waals surface area contributed by atoms with Gasteiger partial charge in [0.1, 0.15) is 0 Å². The standard InChI is InChI=1S/C15H17NO/c17-15(12-7-8-12)14-6-2-1-5-13(14)11-16-9-3-4-10-16/h1-6,12H,7-11H2. The van der Waals surface area contributed by atoms with Crippen LogP contribution in [0.3, 0.4) is 0 Å². The lowest BCUT2D eigenvalue weighted by Gasteiger charge is -2.17. The molecule has 1 aromatic carbocycles. The van der Waals surface area contributed by atoms with Crippen LogP contribution in [0, 0.1) is 5.92 Å². The molecule has 3 rings (SSSR count). The van der Waals surface area contributed by atoms with Crippen LogP contribution >= 0.6 is 0 Å². The van der Waals surface area contributed by atoms with Gasteiger partial charge in [-0.05, 0) is 18.4 Å². The van der Waals surface area contributed by atoms with E-state index in [4.69, 9.17) is 0 Å². The first-order valence-corrected chi connectivity index (χ1v) is 6.34. The molecule has 0 aromatic heterocycles. The SMILES string of the molecule is O=C(c1ccccc1CN1CC=CC1)C1CC1. The second kappa shape index (κ2) is 4.46. The van der Waals surface area contributed by atoms with E-state index in [9.17, 15) is 4.79 Å². The zero-order valence-electron chi connectivity index (χ0n) is 9.93. The molecule has 0 N–H and O–H groups in total. The summed E-state index contributed by atoms with van der Waals surface area (Å²) in [6, 6.07) is 8.08. The molecule has 1 heterocycles. The van der Waals surface area contributed by atoms with Crippen molar-refractivity contribution in [1.82, 2.24) is 4.90 Å². The molecule has 17 heavy (non-hydrogen) atoms. The number of rotatable bonds is 4. The maximum Gasteiger partial charge on any atom is 0.166 e. The molecule has 2 nitrogen and oxygen atoms in total. The third-order valence-corrected chi connectivity index (χ3v) is 3.52. The van der Waals surface area contributed by atoms with Gasteiger partial charge < -0.3 is 0 Å². The molecule has 0 spiro atoms. The first kappa shape index (κ1) is 10.7. The molecule has 1 aromatic rings. The van der Waals surface area contributed by atoms with E-state index in [2.05, 4.69) is 23.1 Å². The van der Waals surface area contributed by atoms with E-state index >= 15 is 0 Å². The number of carbonyl (C=O) groups is 1. The summed E-state index contributed by atoms with van der Waals surface area (Å²) in [5.74, 6) is 0.667. The van der Waals surface area contributed by atoms with Crippen molar-refractivity contribution >= 4 is 5.78 Å². The number of carbonyl (C=O) groups excluding carboxylic acids is 1. The summed E-state index contributed by atoms with van der Waals surface area (Å²) in [4.78, 5) is 14.5. The number of benzene rings is 1. The average Bonchev–Trinajstić information content (AvgIpc) is 3.09. The maximum atomic E-state index is 12.2. The van der Waals surface area contributed by atoms with Crippen LogP contribution in [-0.2, 0) is 6.54 Å². The van der Waals surface area contributed by atoms with Crippen LogP contribution in [0.15, 0.2) is 36.4 Å². The molecule has 0 unspecified atom stereocenters. The fourth-order valence-electron chi connectivity index (χ4n) is 2.36. The van der Waals surface area contributed by atoms with Crippen molar-refractivity contribution in [1.29, 1.82) is 0 Å². The lowest BCUT2D eigenvalue weighted by atomic mass is 10.0. The van der Waals surface area contributed by atoms with E-state index in [1.54, 1.807) is 0 Å². The van der Waals surface area contributed by atoms with Crippen molar-refractivity contribution in [3.05, 3.63) is 47.5 Å². The lowest BCUT2D eigenvalue weighted by molar-refractivity contribution is 0.0966. The molecule has 0 radical (unpaired) electrons. The first-order valence-electron chi connectivity index (χ1n) is 6.34. The van der Waals surface area contributed by atoms with E-state index in [0.717, 1.165) is 38.0 Å². The van der Waals surface area contributed by atoms with E-state index < -0.39 is 0 Å². The van der Waals surface area contributed by atoms with Crippen LogP contribution in [0.25, 0.3) is 0 Å². The third-order valence-electron chi connectivity index (χ3n) is 3.52. The van der Waals surface area contributed by atoms with Gasteiger partial charge in [0.2, 0.25) is 0 Å². The van der Waals surface area contributed by atoms with Crippen LogP contribution in [0.1, 0.15) is 28.8 Å². The molecule has 1 saturated carbocycles. The molecule has 0 bridgehead atoms. The Morgan fingerprint density at radius 2 is 1.88 bits per heavy atom. The summed E-state index contributed by atoms with van der Waals surface area (Å²) in [6.07, 6.45) is 6.54. The highest BCUT2D eigenvalue weighted by Gasteiger charge is 2.31. The van der Waals surface area contributed by atoms with Crippen molar-refractivity contribution in [3.8, 4) is 0 Å². The van der Waals surface area contributed by atoms with E-state index in [-0.39, 0.29) is 0 Å². The maximum absolute atomic E-state index is 12.2. The topological polar surface area (TPSA) is 20.3 Å². The van der Waals surface area contributed by atoms with Gasteiger partial charge in [-0.25, -0.2) is 0 Å². The average molecular weight is 227 g/mol. The van der Waals surface area contributed by atoms with Gasteiger partial charge in [-0.1, -0.05) is 36.4 Å². The Balaban J connectivity index is 1.79. The quantitative estimate of drug-likeness (QED) is 0.582. The molecule has 0 amide bonds. The molecule has 1 aliphatic carbocycles. The summed E-state index contributed by atoms with van der Waals surface area (Å²) in [6.45, 7) is 2.90. The predicted octanol–water partition coefficient (Wildman–Crippen LogP) is 2.65. The summed E-state index contributed by atoms with van der Waals surface area (Å²) in [5.41, 5.74) is 2.13. The minimum Gasteiger partial charge on any atom is -0.294 e. The number of Topliss-reactive ketones (excluding diaryl/α,β-unsaturated/α-hetero) is 1. The van der Waals surface area contributed by atoms with Crippen molar-refractivity contribution in [2.45, 2.75) is 19.4 Å². The Morgan fingerprint density at radius 3 is 2.59 bits per heavy atom. The smallest absolute Gasteiger partial charge is 0.166 e. The van der Waals surface area contributed by atoms with Crippen LogP contribution < -0.4 is 0 Å². The van der Waals surface area contributed by atoms with Gasteiger partial charge in [-0.15, -0.1) is 0 Å². The van der Waals surface area contributed by atoms with Gasteiger partial charge in [0.25, 0.3) is 0 Å². The second-order valence-corrected chi connectivity index (χ2v) is 4.96. The normalized spacial score (nSPS) is 19.8. The van der Waals surface area contributed by atoms with Crippen molar-refractivity contribution in [2.24, 2.45) is 5.92 Å². The summed E-state index contributed by atoms with van der Waals surface area (Å²) >= 11 is 0. The number of hydrogen-bond acceptors (Lipinski definition) is 2. The minimum atomic E-state index is 0.313. The summed E-state index contributed by atoms with van der Waals surface area (Å²) in [7, 11) is 0. The van der Waals surface area contributed by atoms with Crippen LogP contribution in [0.4, 0.5) is 0 Å². The van der Waals surface area contributed by atoms with Crippen molar-refractivity contribution in [3.63, 3.8) is 0 Å². The number of hydrogen-bond donors (Lipinski definition) is 0. The Bertz CT molecular complexity index is 452. The van der Waals surface area contributed by atoms with Crippen LogP contribution in [-0.4, -0.2) is 23.8 Å². The summed E-state index contributed by atoms with van der Waals surface area (Å²) in [5, 5.41) is 0. The highest BCUT2D eigenvalue weighted by atomic mass is 16.1. The molecule has 1 aliphatic heterocycles.